The lowest BCUT2D eigenvalue weighted by molar-refractivity contribution is -0.145. The van der Waals surface area contributed by atoms with Gasteiger partial charge in [0.2, 0.25) is 17.7 Å². The Kier molecular flexibility index (Phi) is 7.15. The van der Waals surface area contributed by atoms with Crippen molar-refractivity contribution in [1.29, 1.82) is 0 Å². The fourth-order valence-corrected chi connectivity index (χ4v) is 6.46. The predicted octanol–water partition coefficient (Wildman–Crippen LogP) is 2.34. The molecule has 9 heteroatoms. The summed E-state index contributed by atoms with van der Waals surface area (Å²) in [5, 5.41) is 16.2. The molecule has 2 aromatic rings. The Morgan fingerprint density at radius 3 is 2.47 bits per heavy atom. The molecule has 0 aromatic heterocycles. The molecule has 38 heavy (non-hydrogen) atoms. The number of methoxy groups -OCH3 is 1. The standard InChI is InChI=1S/C29H35N3O6/c1-17(2)21(16-33)32-25(27(35)31-19-9-11-20(37-3)12-10-19)29-14-13-22(38-29)23(24(29)28(32)36)26(34)30-15-18-7-5-4-6-8-18/h4-12,17,21-25,33H,13-16H2,1-3H3,(H,30,34)(H,31,35)/t21-,22+,23-,24-,25?,29?/m0/s1. The van der Waals surface area contributed by atoms with Gasteiger partial charge in [-0.2, -0.15) is 0 Å². The third-order valence-electron chi connectivity index (χ3n) is 8.27. The predicted molar refractivity (Wildman–Crippen MR) is 140 cm³/mol. The van der Waals surface area contributed by atoms with Crippen molar-refractivity contribution in [3.63, 3.8) is 0 Å². The van der Waals surface area contributed by atoms with Gasteiger partial charge in [-0.05, 0) is 48.6 Å². The molecule has 2 aromatic carbocycles. The molecule has 0 radical (unpaired) electrons. The first-order valence-corrected chi connectivity index (χ1v) is 13.2. The van der Waals surface area contributed by atoms with Gasteiger partial charge in [0.05, 0.1) is 37.7 Å². The Balaban J connectivity index is 1.45. The third-order valence-corrected chi connectivity index (χ3v) is 8.27. The van der Waals surface area contributed by atoms with Gasteiger partial charge in [0.1, 0.15) is 17.4 Å². The Morgan fingerprint density at radius 2 is 1.84 bits per heavy atom. The van der Waals surface area contributed by atoms with Crippen LogP contribution in [-0.2, 0) is 25.7 Å². The molecule has 0 saturated carbocycles. The Morgan fingerprint density at radius 1 is 1.13 bits per heavy atom. The minimum Gasteiger partial charge on any atom is -0.497 e. The highest BCUT2D eigenvalue weighted by atomic mass is 16.5. The van der Waals surface area contributed by atoms with E-state index in [4.69, 9.17) is 9.47 Å². The van der Waals surface area contributed by atoms with E-state index >= 15 is 0 Å². The average Bonchev–Trinajstić information content (AvgIpc) is 3.56. The van der Waals surface area contributed by atoms with Gasteiger partial charge < -0.3 is 30.1 Å². The molecule has 3 saturated heterocycles. The molecule has 2 bridgehead atoms. The van der Waals surface area contributed by atoms with Crippen molar-refractivity contribution in [2.45, 2.75) is 57.0 Å². The summed E-state index contributed by atoms with van der Waals surface area (Å²) in [6, 6.07) is 14.9. The number of carbonyl (C=O) groups is 3. The summed E-state index contributed by atoms with van der Waals surface area (Å²) in [7, 11) is 1.57. The maximum Gasteiger partial charge on any atom is 0.250 e. The normalized spacial score (nSPS) is 28.3. The van der Waals surface area contributed by atoms with Gasteiger partial charge in [-0.15, -0.1) is 0 Å². The fraction of sp³-hybridized carbons (Fsp3) is 0.483. The van der Waals surface area contributed by atoms with Crippen LogP contribution in [0.1, 0.15) is 32.3 Å². The topological polar surface area (TPSA) is 117 Å². The molecule has 3 N–H and O–H groups in total. The zero-order valence-corrected chi connectivity index (χ0v) is 21.9. The van der Waals surface area contributed by atoms with Crippen molar-refractivity contribution < 1.29 is 29.0 Å². The number of aliphatic hydroxyl groups excluding tert-OH is 1. The Hall–Kier alpha value is -3.43. The maximum atomic E-state index is 14.1. The number of benzene rings is 2. The maximum absolute atomic E-state index is 14.1. The molecule has 3 fully saturated rings. The van der Waals surface area contributed by atoms with E-state index in [1.165, 1.54) is 4.90 Å². The average molecular weight is 522 g/mol. The molecule has 9 nitrogen and oxygen atoms in total. The van der Waals surface area contributed by atoms with E-state index in [9.17, 15) is 19.5 Å². The van der Waals surface area contributed by atoms with Crippen molar-refractivity contribution in [1.82, 2.24) is 10.2 Å². The first kappa shape index (κ1) is 26.2. The monoisotopic (exact) mass is 521 g/mol. The largest absolute Gasteiger partial charge is 0.497 e. The van der Waals surface area contributed by atoms with E-state index in [0.29, 0.717) is 30.8 Å². The summed E-state index contributed by atoms with van der Waals surface area (Å²) in [6.45, 7) is 3.85. The number of nitrogens with zero attached hydrogens (tertiary/aromatic N) is 1. The number of hydrogen-bond acceptors (Lipinski definition) is 6. The van der Waals surface area contributed by atoms with E-state index in [2.05, 4.69) is 10.6 Å². The van der Waals surface area contributed by atoms with Crippen LogP contribution in [0.5, 0.6) is 5.75 Å². The molecule has 202 valence electrons. The van der Waals surface area contributed by atoms with Crippen LogP contribution in [-0.4, -0.2) is 65.2 Å². The Bertz CT molecular complexity index is 1190. The van der Waals surface area contributed by atoms with Crippen LogP contribution in [0.15, 0.2) is 54.6 Å². The molecular weight excluding hydrogens is 486 g/mol. The molecule has 3 heterocycles. The smallest absolute Gasteiger partial charge is 0.250 e. The third kappa shape index (κ3) is 4.33. The highest BCUT2D eigenvalue weighted by molar-refractivity contribution is 6.03. The van der Waals surface area contributed by atoms with Gasteiger partial charge in [-0.3, -0.25) is 14.4 Å². The number of ether oxygens (including phenoxy) is 2. The molecule has 0 aliphatic carbocycles. The summed E-state index contributed by atoms with van der Waals surface area (Å²) in [5.74, 6) is -1.91. The first-order chi connectivity index (χ1) is 18.3. The van der Waals surface area contributed by atoms with E-state index in [1.54, 1.807) is 31.4 Å². The van der Waals surface area contributed by atoms with Crippen LogP contribution in [0.25, 0.3) is 0 Å². The van der Waals surface area contributed by atoms with E-state index in [-0.39, 0.29) is 24.3 Å². The van der Waals surface area contributed by atoms with Gasteiger partial charge in [-0.1, -0.05) is 44.2 Å². The van der Waals surface area contributed by atoms with Crippen molar-refractivity contribution in [2.24, 2.45) is 17.8 Å². The number of amides is 3. The second kappa shape index (κ2) is 10.4. The van der Waals surface area contributed by atoms with Gasteiger partial charge in [0.15, 0.2) is 0 Å². The van der Waals surface area contributed by atoms with Crippen LogP contribution in [0.2, 0.25) is 0 Å². The number of hydrogen-bond donors (Lipinski definition) is 3. The van der Waals surface area contributed by atoms with E-state index in [1.807, 2.05) is 44.2 Å². The minimum atomic E-state index is -1.13. The van der Waals surface area contributed by atoms with Crippen LogP contribution < -0.4 is 15.4 Å². The summed E-state index contributed by atoms with van der Waals surface area (Å²) in [4.78, 5) is 42.9. The fourth-order valence-electron chi connectivity index (χ4n) is 6.46. The minimum absolute atomic E-state index is 0.113. The van der Waals surface area contributed by atoms with Crippen LogP contribution in [0, 0.1) is 17.8 Å². The molecule has 5 rings (SSSR count). The van der Waals surface area contributed by atoms with Crippen LogP contribution in [0.3, 0.4) is 0 Å². The highest BCUT2D eigenvalue weighted by Crippen LogP contribution is 2.59. The van der Waals surface area contributed by atoms with Gasteiger partial charge in [0, 0.05) is 12.2 Å². The van der Waals surface area contributed by atoms with Gasteiger partial charge in [-0.25, -0.2) is 0 Å². The van der Waals surface area contributed by atoms with Crippen LogP contribution in [0.4, 0.5) is 5.69 Å². The number of rotatable bonds is 9. The first-order valence-electron chi connectivity index (χ1n) is 13.2. The van der Waals surface area contributed by atoms with Gasteiger partial charge in [0.25, 0.3) is 0 Å². The van der Waals surface area contributed by atoms with E-state index < -0.39 is 41.5 Å². The summed E-state index contributed by atoms with van der Waals surface area (Å²) in [6.07, 6.45) is 0.632. The van der Waals surface area contributed by atoms with E-state index in [0.717, 1.165) is 5.56 Å². The number of aliphatic hydroxyl groups is 1. The number of anilines is 1. The summed E-state index contributed by atoms with van der Waals surface area (Å²) in [5.41, 5.74) is 0.379. The van der Waals surface area contributed by atoms with Gasteiger partial charge >= 0.3 is 0 Å². The zero-order valence-electron chi connectivity index (χ0n) is 21.9. The molecule has 1 spiro atoms. The number of fused-ring (bicyclic) bond motifs is 1. The summed E-state index contributed by atoms with van der Waals surface area (Å²) < 4.78 is 11.7. The lowest BCUT2D eigenvalue weighted by atomic mass is 9.70. The molecule has 2 unspecified atom stereocenters. The second-order valence-electron chi connectivity index (χ2n) is 10.7. The zero-order chi connectivity index (χ0) is 27.0. The molecule has 3 amide bonds. The van der Waals surface area contributed by atoms with Crippen LogP contribution >= 0.6 is 0 Å². The highest BCUT2D eigenvalue weighted by Gasteiger charge is 2.75. The Labute approximate surface area is 222 Å². The number of likely N-dealkylation sites (tertiary alicyclic amines) is 1. The summed E-state index contributed by atoms with van der Waals surface area (Å²) >= 11 is 0. The lowest BCUT2D eigenvalue weighted by Gasteiger charge is -2.38. The number of carbonyl (C=O) groups excluding carboxylic acids is 3. The quantitative estimate of drug-likeness (QED) is 0.466. The molecule has 3 aliphatic rings. The van der Waals surface area contributed by atoms with Crippen molar-refractivity contribution in [2.75, 3.05) is 19.0 Å². The lowest BCUT2D eigenvalue weighted by Crippen LogP contribution is -2.57. The number of nitrogens with one attached hydrogen (secondary N) is 2. The SMILES string of the molecule is COc1ccc(NC(=O)C2N([C@@H](CO)C(C)C)C(=O)[C@@H]3[C@@H](C(=O)NCc4ccccc4)[C@H]4CCC23O4)cc1. The molecule has 6 atom stereocenters. The molecular formula is C29H35N3O6. The van der Waals surface area contributed by atoms with Crippen molar-refractivity contribution in [3.05, 3.63) is 60.2 Å². The van der Waals surface area contributed by atoms with Crippen molar-refractivity contribution in [3.8, 4) is 5.75 Å². The van der Waals surface area contributed by atoms with Crippen molar-refractivity contribution >= 4 is 23.4 Å². The molecule has 3 aliphatic heterocycles. The second-order valence-corrected chi connectivity index (χ2v) is 10.7.